The van der Waals surface area contributed by atoms with Gasteiger partial charge in [-0.15, -0.1) is 0 Å². The number of carbonyl (C=O) groups is 2. The highest BCUT2D eigenvalue weighted by Crippen LogP contribution is 2.67. The van der Waals surface area contributed by atoms with Crippen molar-refractivity contribution in [2.24, 2.45) is 46.3 Å². The third-order valence-corrected chi connectivity index (χ3v) is 11.1. The van der Waals surface area contributed by atoms with E-state index in [2.05, 4.69) is 46.0 Å². The highest BCUT2D eigenvalue weighted by molar-refractivity contribution is 5.70. The number of hydrogen-bond acceptors (Lipinski definition) is 5. The summed E-state index contributed by atoms with van der Waals surface area (Å²) in [5.74, 6) is 4.07. The van der Waals surface area contributed by atoms with Crippen molar-refractivity contribution >= 4 is 11.9 Å². The van der Waals surface area contributed by atoms with Crippen LogP contribution in [0.2, 0.25) is 0 Å². The second-order valence-corrected chi connectivity index (χ2v) is 13.8. The molecule has 0 heterocycles. The highest BCUT2D eigenvalue weighted by atomic mass is 16.5. The molecule has 0 unspecified atom stereocenters. The standard InChI is InChI=1S/C32H53NO4/c1-21(2)18-30(35)37-24-13-15-31(4)23(19-24)9-10-25-27-12-11-26(32(27,5)16-14-28(25)31)22(3)20-33-17-7-8-29(34)36-6/h9,21-22,24-28,33H,7-8,10-20H2,1-6H3/t22-,24+,25+,26-,27+,28+,31+,32-/m1/s1. The Morgan fingerprint density at radius 3 is 2.57 bits per heavy atom. The molecule has 0 amide bonds. The van der Waals surface area contributed by atoms with E-state index in [1.165, 1.54) is 45.6 Å². The summed E-state index contributed by atoms with van der Waals surface area (Å²) in [5, 5.41) is 3.63. The number of allylic oxidation sites excluding steroid dienone is 1. The molecule has 210 valence electrons. The normalized spacial score (nSPS) is 37.7. The summed E-state index contributed by atoms with van der Waals surface area (Å²) >= 11 is 0. The third-order valence-electron chi connectivity index (χ3n) is 11.1. The summed E-state index contributed by atoms with van der Waals surface area (Å²) in [6.07, 6.45) is 14.3. The Labute approximate surface area is 225 Å². The Balaban J connectivity index is 1.35. The fraction of sp³-hybridized carbons (Fsp3) is 0.875. The van der Waals surface area contributed by atoms with Gasteiger partial charge in [0.1, 0.15) is 6.10 Å². The first-order valence-corrected chi connectivity index (χ1v) is 15.2. The first kappa shape index (κ1) is 28.6. The lowest BCUT2D eigenvalue weighted by Gasteiger charge is -2.58. The van der Waals surface area contributed by atoms with Gasteiger partial charge in [-0.1, -0.05) is 46.3 Å². The molecule has 0 spiro atoms. The Morgan fingerprint density at radius 1 is 1.05 bits per heavy atom. The van der Waals surface area contributed by atoms with Crippen LogP contribution in [0.1, 0.15) is 105 Å². The van der Waals surface area contributed by atoms with E-state index < -0.39 is 0 Å². The van der Waals surface area contributed by atoms with Gasteiger partial charge in [0.2, 0.25) is 0 Å². The molecule has 3 saturated carbocycles. The van der Waals surface area contributed by atoms with E-state index in [4.69, 9.17) is 9.47 Å². The molecule has 5 nitrogen and oxygen atoms in total. The van der Waals surface area contributed by atoms with E-state index >= 15 is 0 Å². The minimum atomic E-state index is -0.114. The summed E-state index contributed by atoms with van der Waals surface area (Å²) in [5.41, 5.74) is 2.32. The molecular formula is C32H53NO4. The topological polar surface area (TPSA) is 64.6 Å². The summed E-state index contributed by atoms with van der Waals surface area (Å²) in [4.78, 5) is 23.7. The van der Waals surface area contributed by atoms with Crippen LogP contribution in [-0.2, 0) is 19.1 Å². The van der Waals surface area contributed by atoms with Crippen LogP contribution in [-0.4, -0.2) is 38.2 Å². The van der Waals surface area contributed by atoms with Gasteiger partial charge < -0.3 is 14.8 Å². The average molecular weight is 516 g/mol. The van der Waals surface area contributed by atoms with E-state index in [1.54, 1.807) is 5.57 Å². The van der Waals surface area contributed by atoms with Crippen LogP contribution in [0.3, 0.4) is 0 Å². The summed E-state index contributed by atoms with van der Waals surface area (Å²) in [7, 11) is 1.46. The second kappa shape index (κ2) is 11.8. The van der Waals surface area contributed by atoms with Crippen molar-refractivity contribution in [2.45, 2.75) is 111 Å². The Hall–Kier alpha value is -1.36. The molecule has 1 N–H and O–H groups in total. The van der Waals surface area contributed by atoms with Crippen LogP contribution in [0.5, 0.6) is 0 Å². The molecule has 0 aromatic carbocycles. The maximum Gasteiger partial charge on any atom is 0.306 e. The zero-order valence-electron chi connectivity index (χ0n) is 24.4. The molecule has 0 saturated heterocycles. The van der Waals surface area contributed by atoms with Crippen LogP contribution in [0.15, 0.2) is 11.6 Å². The van der Waals surface area contributed by atoms with Crippen LogP contribution < -0.4 is 5.32 Å². The minimum absolute atomic E-state index is 0.0182. The quantitative estimate of drug-likeness (QED) is 0.199. The molecule has 37 heavy (non-hydrogen) atoms. The number of ether oxygens (including phenoxy) is 2. The maximum atomic E-state index is 12.3. The number of esters is 2. The molecule has 0 bridgehead atoms. The van der Waals surface area contributed by atoms with Gasteiger partial charge in [0, 0.05) is 19.3 Å². The van der Waals surface area contributed by atoms with Gasteiger partial charge in [-0.25, -0.2) is 0 Å². The van der Waals surface area contributed by atoms with Crippen LogP contribution >= 0.6 is 0 Å². The predicted octanol–water partition coefficient (Wildman–Crippen LogP) is 6.70. The van der Waals surface area contributed by atoms with Crippen molar-refractivity contribution in [3.8, 4) is 0 Å². The number of nitrogens with one attached hydrogen (secondary N) is 1. The van der Waals surface area contributed by atoms with Crippen molar-refractivity contribution in [1.29, 1.82) is 0 Å². The van der Waals surface area contributed by atoms with E-state index in [0.29, 0.717) is 30.1 Å². The summed E-state index contributed by atoms with van der Waals surface area (Å²) < 4.78 is 10.7. The number of fused-ring (bicyclic) bond motifs is 5. The van der Waals surface area contributed by atoms with Crippen molar-refractivity contribution in [2.75, 3.05) is 20.2 Å². The monoisotopic (exact) mass is 515 g/mol. The summed E-state index contributed by atoms with van der Waals surface area (Å²) in [6.45, 7) is 13.7. The summed E-state index contributed by atoms with van der Waals surface area (Å²) in [6, 6.07) is 0. The van der Waals surface area contributed by atoms with E-state index in [-0.39, 0.29) is 23.5 Å². The van der Waals surface area contributed by atoms with Gasteiger partial charge in [-0.2, -0.15) is 0 Å². The van der Waals surface area contributed by atoms with Gasteiger partial charge >= 0.3 is 11.9 Å². The first-order chi connectivity index (χ1) is 17.6. The molecule has 8 atom stereocenters. The SMILES string of the molecule is COC(=O)CCCNC[C@@H](C)[C@H]1CC[C@H]2[C@@H]3CC=C4C[C@@H](OC(=O)CC(C)C)CC[C@]4(C)[C@H]3CC[C@]12C. The molecule has 0 radical (unpaired) electrons. The van der Waals surface area contributed by atoms with E-state index in [1.807, 2.05) is 0 Å². The molecule has 4 aliphatic carbocycles. The number of carbonyl (C=O) groups excluding carboxylic acids is 2. The van der Waals surface area contributed by atoms with Crippen molar-refractivity contribution < 1.29 is 19.1 Å². The molecular weight excluding hydrogens is 462 g/mol. The Bertz CT molecular complexity index is 852. The molecule has 5 heteroatoms. The van der Waals surface area contributed by atoms with Crippen molar-refractivity contribution in [3.05, 3.63) is 11.6 Å². The van der Waals surface area contributed by atoms with Crippen molar-refractivity contribution in [3.63, 3.8) is 0 Å². The van der Waals surface area contributed by atoms with Gasteiger partial charge in [0.15, 0.2) is 0 Å². The molecule has 4 rings (SSSR count). The van der Waals surface area contributed by atoms with Gasteiger partial charge in [0.05, 0.1) is 7.11 Å². The Kier molecular flexibility index (Phi) is 9.13. The maximum absolute atomic E-state index is 12.3. The minimum Gasteiger partial charge on any atom is -0.469 e. The molecule has 0 aromatic heterocycles. The van der Waals surface area contributed by atoms with Gasteiger partial charge in [-0.3, -0.25) is 9.59 Å². The fourth-order valence-electron chi connectivity index (χ4n) is 9.20. The van der Waals surface area contributed by atoms with Crippen LogP contribution in [0.25, 0.3) is 0 Å². The Morgan fingerprint density at radius 2 is 1.84 bits per heavy atom. The van der Waals surface area contributed by atoms with Gasteiger partial charge in [-0.05, 0) is 111 Å². The van der Waals surface area contributed by atoms with Gasteiger partial charge in [0.25, 0.3) is 0 Å². The smallest absolute Gasteiger partial charge is 0.306 e. The highest BCUT2D eigenvalue weighted by Gasteiger charge is 2.59. The third kappa shape index (κ3) is 5.97. The second-order valence-electron chi connectivity index (χ2n) is 13.8. The largest absolute Gasteiger partial charge is 0.469 e. The molecule has 3 fully saturated rings. The fourth-order valence-corrected chi connectivity index (χ4v) is 9.20. The number of rotatable bonds is 10. The van der Waals surface area contributed by atoms with E-state index in [9.17, 15) is 9.59 Å². The van der Waals surface area contributed by atoms with Crippen LogP contribution in [0, 0.1) is 46.3 Å². The van der Waals surface area contributed by atoms with E-state index in [0.717, 1.165) is 56.0 Å². The lowest BCUT2D eigenvalue weighted by atomic mass is 9.47. The average Bonchev–Trinajstić information content (AvgIpc) is 3.20. The number of methoxy groups -OCH3 is 1. The lowest BCUT2D eigenvalue weighted by molar-refractivity contribution is -0.152. The lowest BCUT2D eigenvalue weighted by Crippen LogP contribution is -2.51. The predicted molar refractivity (Wildman–Crippen MR) is 148 cm³/mol. The zero-order valence-corrected chi connectivity index (χ0v) is 24.4. The van der Waals surface area contributed by atoms with Crippen LogP contribution in [0.4, 0.5) is 0 Å². The van der Waals surface area contributed by atoms with Crippen molar-refractivity contribution in [1.82, 2.24) is 5.32 Å². The molecule has 0 aromatic rings. The first-order valence-electron chi connectivity index (χ1n) is 15.2. The molecule has 4 aliphatic rings. The molecule has 0 aliphatic heterocycles. The zero-order chi connectivity index (χ0) is 26.8. The number of hydrogen-bond donors (Lipinski definition) is 1.